The van der Waals surface area contributed by atoms with E-state index in [0.717, 1.165) is 47.5 Å². The van der Waals surface area contributed by atoms with Crippen LogP contribution in [0.2, 0.25) is 0 Å². The Kier molecular flexibility index (Phi) is 10.7. The summed E-state index contributed by atoms with van der Waals surface area (Å²) < 4.78 is 10.8. The highest BCUT2D eigenvalue weighted by atomic mass is 127. The van der Waals surface area contributed by atoms with Gasteiger partial charge in [-0.3, -0.25) is 0 Å². The molecular formula is C21H27IN4O2S. The molecule has 0 aliphatic rings. The third kappa shape index (κ3) is 8.15. The highest BCUT2D eigenvalue weighted by molar-refractivity contribution is 14.0. The van der Waals surface area contributed by atoms with Crippen molar-refractivity contribution in [3.05, 3.63) is 64.9 Å². The van der Waals surface area contributed by atoms with Crippen LogP contribution in [-0.2, 0) is 17.9 Å². The van der Waals surface area contributed by atoms with Gasteiger partial charge in [0.15, 0.2) is 5.96 Å². The number of nitrogens with zero attached hydrogens (tertiary/aromatic N) is 2. The monoisotopic (exact) mass is 526 g/mol. The minimum Gasteiger partial charge on any atom is -0.467 e. The van der Waals surface area contributed by atoms with Crippen LogP contribution >= 0.6 is 35.3 Å². The predicted octanol–water partition coefficient (Wildman–Crippen LogP) is 4.68. The van der Waals surface area contributed by atoms with Crippen LogP contribution in [0.5, 0.6) is 0 Å². The van der Waals surface area contributed by atoms with E-state index in [1.165, 1.54) is 0 Å². The average Bonchev–Trinajstić information content (AvgIpc) is 3.41. The average molecular weight is 526 g/mol. The van der Waals surface area contributed by atoms with Crippen molar-refractivity contribution >= 4 is 41.3 Å². The van der Waals surface area contributed by atoms with E-state index in [1.807, 2.05) is 30.3 Å². The molecule has 0 saturated carbocycles. The second-order valence-electron chi connectivity index (χ2n) is 6.10. The molecule has 2 aromatic heterocycles. The lowest BCUT2D eigenvalue weighted by Crippen LogP contribution is -2.38. The van der Waals surface area contributed by atoms with Gasteiger partial charge in [-0.05, 0) is 25.5 Å². The van der Waals surface area contributed by atoms with Crippen LogP contribution in [0.4, 0.5) is 0 Å². The Hall–Kier alpha value is -1.91. The number of guanidine groups is 1. The Balaban J connectivity index is 0.00000300. The van der Waals surface area contributed by atoms with Gasteiger partial charge in [0, 0.05) is 30.6 Å². The first kappa shape index (κ1) is 23.4. The molecule has 2 heterocycles. The number of thiazole rings is 1. The molecule has 29 heavy (non-hydrogen) atoms. The zero-order valence-electron chi connectivity index (χ0n) is 16.5. The van der Waals surface area contributed by atoms with E-state index in [0.29, 0.717) is 19.8 Å². The van der Waals surface area contributed by atoms with Gasteiger partial charge < -0.3 is 19.8 Å². The lowest BCUT2D eigenvalue weighted by atomic mass is 10.2. The molecular weight excluding hydrogens is 499 g/mol. The lowest BCUT2D eigenvalue weighted by Gasteiger charge is -2.10. The molecule has 0 atom stereocenters. The van der Waals surface area contributed by atoms with Crippen molar-refractivity contribution in [2.24, 2.45) is 4.99 Å². The minimum absolute atomic E-state index is 0. The van der Waals surface area contributed by atoms with Gasteiger partial charge in [-0.1, -0.05) is 30.3 Å². The molecule has 0 bridgehead atoms. The summed E-state index contributed by atoms with van der Waals surface area (Å²) in [7, 11) is 0. The number of furan rings is 1. The Morgan fingerprint density at radius 3 is 2.79 bits per heavy atom. The largest absolute Gasteiger partial charge is 0.467 e. The maximum absolute atomic E-state index is 5.59. The topological polar surface area (TPSA) is 71.7 Å². The molecule has 0 unspecified atom stereocenters. The van der Waals surface area contributed by atoms with Crippen LogP contribution in [0.3, 0.4) is 0 Å². The maximum atomic E-state index is 5.59. The molecule has 1 aromatic carbocycles. The van der Waals surface area contributed by atoms with E-state index in [-0.39, 0.29) is 24.0 Å². The summed E-state index contributed by atoms with van der Waals surface area (Å²) >= 11 is 1.64. The van der Waals surface area contributed by atoms with Crippen LogP contribution in [-0.4, -0.2) is 30.6 Å². The smallest absolute Gasteiger partial charge is 0.191 e. The van der Waals surface area contributed by atoms with Crippen LogP contribution in [0, 0.1) is 0 Å². The zero-order chi connectivity index (χ0) is 19.4. The summed E-state index contributed by atoms with van der Waals surface area (Å²) in [6, 6.07) is 14.0. The Morgan fingerprint density at radius 1 is 1.17 bits per heavy atom. The van der Waals surface area contributed by atoms with Gasteiger partial charge in [0.05, 0.1) is 18.5 Å². The lowest BCUT2D eigenvalue weighted by molar-refractivity contribution is 0.105. The highest BCUT2D eigenvalue weighted by Crippen LogP contribution is 2.21. The number of nitrogens with one attached hydrogen (secondary N) is 2. The van der Waals surface area contributed by atoms with Gasteiger partial charge in [-0.25, -0.2) is 9.98 Å². The second kappa shape index (κ2) is 13.3. The number of aliphatic imine (C=N–C) groups is 1. The first-order chi connectivity index (χ1) is 13.8. The van der Waals surface area contributed by atoms with E-state index in [2.05, 4.69) is 45.0 Å². The quantitative estimate of drug-likeness (QED) is 0.174. The molecule has 0 fully saturated rings. The van der Waals surface area contributed by atoms with Gasteiger partial charge in [0.1, 0.15) is 17.4 Å². The molecule has 0 aliphatic carbocycles. The van der Waals surface area contributed by atoms with Crippen molar-refractivity contribution < 1.29 is 9.15 Å². The van der Waals surface area contributed by atoms with Gasteiger partial charge in [0.2, 0.25) is 0 Å². The number of benzene rings is 1. The molecule has 0 amide bonds. The van der Waals surface area contributed by atoms with Crippen molar-refractivity contribution in [3.63, 3.8) is 0 Å². The number of hydrogen-bond donors (Lipinski definition) is 2. The van der Waals surface area contributed by atoms with Crippen molar-refractivity contribution in [2.45, 2.75) is 26.5 Å². The summed E-state index contributed by atoms with van der Waals surface area (Å²) in [5.74, 6) is 1.64. The predicted molar refractivity (Wildman–Crippen MR) is 129 cm³/mol. The fraction of sp³-hybridized carbons (Fsp3) is 0.333. The number of aromatic nitrogens is 1. The fourth-order valence-electron chi connectivity index (χ4n) is 2.56. The normalized spacial score (nSPS) is 11.1. The number of ether oxygens (including phenoxy) is 1. The molecule has 0 radical (unpaired) electrons. The van der Waals surface area contributed by atoms with Gasteiger partial charge in [0.25, 0.3) is 0 Å². The van der Waals surface area contributed by atoms with Crippen molar-refractivity contribution in [2.75, 3.05) is 19.7 Å². The summed E-state index contributed by atoms with van der Waals surface area (Å²) in [4.78, 5) is 9.32. The zero-order valence-corrected chi connectivity index (χ0v) is 19.6. The van der Waals surface area contributed by atoms with Crippen LogP contribution in [0.15, 0.2) is 63.5 Å². The molecule has 8 heteroatoms. The highest BCUT2D eigenvalue weighted by Gasteiger charge is 2.04. The van der Waals surface area contributed by atoms with Gasteiger partial charge >= 0.3 is 0 Å². The molecule has 2 N–H and O–H groups in total. The van der Waals surface area contributed by atoms with Crippen molar-refractivity contribution in [1.29, 1.82) is 0 Å². The Labute approximate surface area is 192 Å². The summed E-state index contributed by atoms with van der Waals surface area (Å²) in [6.07, 6.45) is 2.55. The van der Waals surface area contributed by atoms with Crippen LogP contribution in [0.25, 0.3) is 11.3 Å². The van der Waals surface area contributed by atoms with E-state index < -0.39 is 0 Å². The number of rotatable bonds is 10. The molecule has 6 nitrogen and oxygen atoms in total. The molecule has 0 spiro atoms. The van der Waals surface area contributed by atoms with Crippen molar-refractivity contribution in [3.8, 4) is 11.3 Å². The number of halogens is 1. The van der Waals surface area contributed by atoms with E-state index in [4.69, 9.17) is 9.15 Å². The SMILES string of the molecule is CCNC(=NCc1nc(-c2ccccc2)cs1)NCCCOCc1ccco1.I. The second-order valence-corrected chi connectivity index (χ2v) is 7.04. The van der Waals surface area contributed by atoms with Crippen LogP contribution < -0.4 is 10.6 Å². The Bertz CT molecular complexity index is 838. The third-order valence-electron chi connectivity index (χ3n) is 3.92. The summed E-state index contributed by atoms with van der Waals surface area (Å²) in [5.41, 5.74) is 2.14. The van der Waals surface area contributed by atoms with Gasteiger partial charge in [-0.15, -0.1) is 35.3 Å². The number of hydrogen-bond acceptors (Lipinski definition) is 5. The summed E-state index contributed by atoms with van der Waals surface area (Å²) in [5, 5.41) is 9.68. The van der Waals surface area contributed by atoms with E-state index in [1.54, 1.807) is 17.6 Å². The van der Waals surface area contributed by atoms with Gasteiger partial charge in [-0.2, -0.15) is 0 Å². The molecule has 0 aliphatic heterocycles. The van der Waals surface area contributed by atoms with Crippen LogP contribution in [0.1, 0.15) is 24.1 Å². The Morgan fingerprint density at radius 2 is 2.03 bits per heavy atom. The fourth-order valence-corrected chi connectivity index (χ4v) is 3.29. The minimum atomic E-state index is 0. The first-order valence-corrected chi connectivity index (χ1v) is 10.3. The first-order valence-electron chi connectivity index (χ1n) is 9.47. The molecule has 3 rings (SSSR count). The maximum Gasteiger partial charge on any atom is 0.191 e. The molecule has 0 saturated heterocycles. The third-order valence-corrected chi connectivity index (χ3v) is 4.75. The standard InChI is InChI=1S/C21H26N4O2S.HI/c1-2-22-21(23-11-7-12-26-15-18-10-6-13-27-18)24-14-20-25-19(16-28-20)17-8-4-3-5-9-17;/h3-6,8-10,13,16H,2,7,11-12,14-15H2,1H3,(H2,22,23,24);1H. The molecule has 3 aromatic rings. The molecule has 156 valence electrons. The van der Waals surface area contributed by atoms with Crippen molar-refractivity contribution in [1.82, 2.24) is 15.6 Å². The summed E-state index contributed by atoms with van der Waals surface area (Å²) in [6.45, 7) is 5.39. The van der Waals surface area contributed by atoms with E-state index >= 15 is 0 Å². The van der Waals surface area contributed by atoms with E-state index in [9.17, 15) is 0 Å².